The molecule has 114 valence electrons. The summed E-state index contributed by atoms with van der Waals surface area (Å²) in [4.78, 5) is 22.6. The third-order valence-corrected chi connectivity index (χ3v) is 3.88. The van der Waals surface area contributed by atoms with Gasteiger partial charge in [0, 0.05) is 25.7 Å². The minimum absolute atomic E-state index is 0.136. The number of hydrogen-bond donors (Lipinski definition) is 1. The van der Waals surface area contributed by atoms with Crippen LogP contribution in [0.15, 0.2) is 36.7 Å². The molecule has 1 aliphatic heterocycles. The molecule has 2 heterocycles. The summed E-state index contributed by atoms with van der Waals surface area (Å²) in [7, 11) is 0. The maximum absolute atomic E-state index is 12.0. The maximum Gasteiger partial charge on any atom is 0.270 e. The number of aromatic nitrogens is 2. The van der Waals surface area contributed by atoms with Gasteiger partial charge in [0.2, 0.25) is 0 Å². The molecular formula is C17H20N4O. The van der Waals surface area contributed by atoms with Gasteiger partial charge in [0.1, 0.15) is 17.8 Å². The fraction of sp³-hybridized carbons (Fsp3) is 0.353. The first-order chi connectivity index (χ1) is 10.8. The molecule has 5 heteroatoms. The standard InChI is InChI=1S/C17H20N4O/c1-2-8-18-17(22)15-10-16(20-12-19-15)21-9-7-13-5-3-4-6-14(13)11-21/h3-6,10,12H,2,7-9,11H2,1H3,(H,18,22). The van der Waals surface area contributed by atoms with E-state index in [9.17, 15) is 4.79 Å². The number of amides is 1. The second kappa shape index (κ2) is 6.56. The Morgan fingerprint density at radius 3 is 2.91 bits per heavy atom. The van der Waals surface area contributed by atoms with Crippen LogP contribution in [0.3, 0.4) is 0 Å². The first kappa shape index (κ1) is 14.5. The van der Waals surface area contributed by atoms with Gasteiger partial charge in [-0.1, -0.05) is 31.2 Å². The minimum Gasteiger partial charge on any atom is -0.352 e. The highest BCUT2D eigenvalue weighted by molar-refractivity contribution is 5.92. The summed E-state index contributed by atoms with van der Waals surface area (Å²) in [6, 6.07) is 10.2. The van der Waals surface area contributed by atoms with Crippen molar-refractivity contribution in [1.29, 1.82) is 0 Å². The molecular weight excluding hydrogens is 276 g/mol. The summed E-state index contributed by atoms with van der Waals surface area (Å²) in [5.41, 5.74) is 3.15. The minimum atomic E-state index is -0.136. The molecule has 1 amide bonds. The normalized spacial score (nSPS) is 13.6. The molecule has 0 saturated carbocycles. The lowest BCUT2D eigenvalue weighted by Gasteiger charge is -2.29. The molecule has 0 aliphatic carbocycles. The molecule has 1 aliphatic rings. The zero-order chi connectivity index (χ0) is 15.4. The first-order valence-corrected chi connectivity index (χ1v) is 7.70. The second-order valence-electron chi connectivity index (χ2n) is 5.46. The van der Waals surface area contributed by atoms with E-state index >= 15 is 0 Å². The van der Waals surface area contributed by atoms with E-state index in [1.165, 1.54) is 17.5 Å². The predicted octanol–water partition coefficient (Wildman–Crippen LogP) is 2.18. The molecule has 0 fully saturated rings. The van der Waals surface area contributed by atoms with E-state index in [4.69, 9.17) is 0 Å². The number of carbonyl (C=O) groups excluding carboxylic acids is 1. The highest BCUT2D eigenvalue weighted by Gasteiger charge is 2.18. The number of anilines is 1. The highest BCUT2D eigenvalue weighted by Crippen LogP contribution is 2.22. The average Bonchev–Trinajstić information content (AvgIpc) is 2.59. The maximum atomic E-state index is 12.0. The van der Waals surface area contributed by atoms with Gasteiger partial charge >= 0.3 is 0 Å². The molecule has 0 saturated heterocycles. The molecule has 1 N–H and O–H groups in total. The smallest absolute Gasteiger partial charge is 0.270 e. The number of nitrogens with zero attached hydrogens (tertiary/aromatic N) is 3. The van der Waals surface area contributed by atoms with E-state index in [2.05, 4.69) is 44.5 Å². The molecule has 1 aromatic heterocycles. The number of hydrogen-bond acceptors (Lipinski definition) is 4. The van der Waals surface area contributed by atoms with Crippen molar-refractivity contribution in [2.75, 3.05) is 18.0 Å². The molecule has 1 aromatic carbocycles. The van der Waals surface area contributed by atoms with Crippen LogP contribution < -0.4 is 10.2 Å². The Bertz CT molecular complexity index is 671. The van der Waals surface area contributed by atoms with E-state index in [1.54, 1.807) is 6.07 Å². The Balaban J connectivity index is 1.77. The molecule has 2 aromatic rings. The van der Waals surface area contributed by atoms with Crippen LogP contribution in [0.5, 0.6) is 0 Å². The van der Waals surface area contributed by atoms with Crippen LogP contribution in [0.25, 0.3) is 0 Å². The molecule has 5 nitrogen and oxygen atoms in total. The van der Waals surface area contributed by atoms with Gasteiger partial charge in [-0.25, -0.2) is 9.97 Å². The number of nitrogens with one attached hydrogen (secondary N) is 1. The van der Waals surface area contributed by atoms with Gasteiger partial charge < -0.3 is 10.2 Å². The van der Waals surface area contributed by atoms with E-state index < -0.39 is 0 Å². The Hall–Kier alpha value is -2.43. The zero-order valence-electron chi connectivity index (χ0n) is 12.7. The molecule has 3 rings (SSSR count). The van der Waals surface area contributed by atoms with Crippen molar-refractivity contribution >= 4 is 11.7 Å². The van der Waals surface area contributed by atoms with Crippen molar-refractivity contribution < 1.29 is 4.79 Å². The molecule has 22 heavy (non-hydrogen) atoms. The van der Waals surface area contributed by atoms with Crippen molar-refractivity contribution in [3.8, 4) is 0 Å². The van der Waals surface area contributed by atoms with Crippen LogP contribution in [0.2, 0.25) is 0 Å². The number of carbonyl (C=O) groups is 1. The Morgan fingerprint density at radius 1 is 1.27 bits per heavy atom. The van der Waals surface area contributed by atoms with Gasteiger partial charge in [0.15, 0.2) is 0 Å². The van der Waals surface area contributed by atoms with Gasteiger partial charge in [-0.15, -0.1) is 0 Å². The largest absolute Gasteiger partial charge is 0.352 e. The van der Waals surface area contributed by atoms with Crippen LogP contribution >= 0.6 is 0 Å². The summed E-state index contributed by atoms with van der Waals surface area (Å²) in [6.45, 7) is 4.42. The lowest BCUT2D eigenvalue weighted by Crippen LogP contribution is -2.31. The topological polar surface area (TPSA) is 58.1 Å². The number of fused-ring (bicyclic) bond motifs is 1. The zero-order valence-corrected chi connectivity index (χ0v) is 12.7. The van der Waals surface area contributed by atoms with Crippen LogP contribution in [-0.4, -0.2) is 29.0 Å². The average molecular weight is 296 g/mol. The fourth-order valence-corrected chi connectivity index (χ4v) is 2.66. The van der Waals surface area contributed by atoms with Crippen molar-refractivity contribution in [2.24, 2.45) is 0 Å². The Kier molecular flexibility index (Phi) is 4.32. The Morgan fingerprint density at radius 2 is 2.09 bits per heavy atom. The molecule has 0 unspecified atom stereocenters. The SMILES string of the molecule is CCCNC(=O)c1cc(N2CCc3ccccc3C2)ncn1. The van der Waals surface area contributed by atoms with Crippen molar-refractivity contribution in [3.63, 3.8) is 0 Å². The van der Waals surface area contributed by atoms with Gasteiger partial charge in [-0.3, -0.25) is 4.79 Å². The van der Waals surface area contributed by atoms with E-state index in [1.807, 2.05) is 6.92 Å². The molecule has 0 bridgehead atoms. The van der Waals surface area contributed by atoms with E-state index in [0.29, 0.717) is 12.2 Å². The summed E-state index contributed by atoms with van der Waals surface area (Å²) in [5.74, 6) is 0.675. The van der Waals surface area contributed by atoms with Crippen LogP contribution in [0, 0.1) is 0 Å². The van der Waals surface area contributed by atoms with Crippen molar-refractivity contribution in [2.45, 2.75) is 26.3 Å². The van der Waals surface area contributed by atoms with Gasteiger partial charge in [-0.2, -0.15) is 0 Å². The molecule has 0 radical (unpaired) electrons. The number of benzene rings is 1. The van der Waals surface area contributed by atoms with Crippen molar-refractivity contribution in [3.05, 3.63) is 53.5 Å². The quantitative estimate of drug-likeness (QED) is 0.939. The first-order valence-electron chi connectivity index (χ1n) is 7.70. The summed E-state index contributed by atoms with van der Waals surface area (Å²) < 4.78 is 0. The molecule has 0 atom stereocenters. The number of rotatable bonds is 4. The predicted molar refractivity (Wildman–Crippen MR) is 85.9 cm³/mol. The second-order valence-corrected chi connectivity index (χ2v) is 5.46. The third-order valence-electron chi connectivity index (χ3n) is 3.88. The summed E-state index contributed by atoms with van der Waals surface area (Å²) in [5, 5.41) is 2.85. The van der Waals surface area contributed by atoms with E-state index in [0.717, 1.165) is 31.7 Å². The highest BCUT2D eigenvalue weighted by atomic mass is 16.1. The van der Waals surface area contributed by atoms with Gasteiger partial charge in [-0.05, 0) is 24.0 Å². The summed E-state index contributed by atoms with van der Waals surface area (Å²) in [6.07, 6.45) is 3.38. The summed E-state index contributed by atoms with van der Waals surface area (Å²) >= 11 is 0. The van der Waals surface area contributed by atoms with Crippen LogP contribution in [-0.2, 0) is 13.0 Å². The molecule has 0 spiro atoms. The van der Waals surface area contributed by atoms with Crippen molar-refractivity contribution in [1.82, 2.24) is 15.3 Å². The Labute approximate surface area is 130 Å². The van der Waals surface area contributed by atoms with Crippen LogP contribution in [0.4, 0.5) is 5.82 Å². The van der Waals surface area contributed by atoms with Crippen LogP contribution in [0.1, 0.15) is 35.0 Å². The van der Waals surface area contributed by atoms with Gasteiger partial charge in [0.25, 0.3) is 5.91 Å². The third kappa shape index (κ3) is 3.08. The fourth-order valence-electron chi connectivity index (χ4n) is 2.66. The van der Waals surface area contributed by atoms with Gasteiger partial charge in [0.05, 0.1) is 0 Å². The monoisotopic (exact) mass is 296 g/mol. The van der Waals surface area contributed by atoms with E-state index in [-0.39, 0.29) is 5.91 Å². The lowest BCUT2D eigenvalue weighted by molar-refractivity contribution is 0.0948. The lowest BCUT2D eigenvalue weighted by atomic mass is 10.00.